The van der Waals surface area contributed by atoms with E-state index in [0.29, 0.717) is 30.6 Å². The number of hydrogen-bond donors (Lipinski definition) is 3. The van der Waals surface area contributed by atoms with Crippen molar-refractivity contribution in [2.24, 2.45) is 5.73 Å². The lowest BCUT2D eigenvalue weighted by Crippen LogP contribution is -2.19. The molecule has 0 fully saturated rings. The fourth-order valence-corrected chi connectivity index (χ4v) is 1.57. The smallest absolute Gasteiger partial charge is 0.250 e. The van der Waals surface area contributed by atoms with Gasteiger partial charge in [-0.05, 0) is 25.5 Å². The maximum Gasteiger partial charge on any atom is 0.250 e. The molecule has 102 valence electrons. The quantitative estimate of drug-likeness (QED) is 0.652. The van der Waals surface area contributed by atoms with Crippen LogP contribution in [0.25, 0.3) is 0 Å². The summed E-state index contributed by atoms with van der Waals surface area (Å²) >= 11 is 0. The van der Waals surface area contributed by atoms with Crippen LogP contribution in [-0.2, 0) is 4.79 Å². The SMILES string of the molecule is C=C(C)NCCCC(=O)Nc1ccccc1C(N)=O. The van der Waals surface area contributed by atoms with Crippen LogP contribution in [0.15, 0.2) is 36.5 Å². The van der Waals surface area contributed by atoms with Crippen molar-refractivity contribution in [2.75, 3.05) is 11.9 Å². The molecule has 0 heterocycles. The van der Waals surface area contributed by atoms with E-state index >= 15 is 0 Å². The van der Waals surface area contributed by atoms with Crippen LogP contribution in [0, 0.1) is 0 Å². The van der Waals surface area contributed by atoms with E-state index in [-0.39, 0.29) is 5.91 Å². The van der Waals surface area contributed by atoms with Crippen LogP contribution in [0.3, 0.4) is 0 Å². The summed E-state index contributed by atoms with van der Waals surface area (Å²) in [7, 11) is 0. The monoisotopic (exact) mass is 261 g/mol. The van der Waals surface area contributed by atoms with Gasteiger partial charge >= 0.3 is 0 Å². The van der Waals surface area contributed by atoms with Crippen LogP contribution >= 0.6 is 0 Å². The van der Waals surface area contributed by atoms with Crippen molar-refractivity contribution >= 4 is 17.5 Å². The number of benzene rings is 1. The molecule has 0 saturated heterocycles. The molecule has 0 aliphatic rings. The lowest BCUT2D eigenvalue weighted by Gasteiger charge is -2.09. The van der Waals surface area contributed by atoms with Gasteiger partial charge < -0.3 is 16.4 Å². The highest BCUT2D eigenvalue weighted by Gasteiger charge is 2.09. The number of primary amides is 1. The highest BCUT2D eigenvalue weighted by atomic mass is 16.2. The Labute approximate surface area is 112 Å². The first-order chi connectivity index (χ1) is 9.00. The van der Waals surface area contributed by atoms with E-state index in [1.165, 1.54) is 0 Å². The largest absolute Gasteiger partial charge is 0.389 e. The van der Waals surface area contributed by atoms with E-state index in [4.69, 9.17) is 5.73 Å². The van der Waals surface area contributed by atoms with E-state index in [0.717, 1.165) is 5.70 Å². The Morgan fingerprint density at radius 3 is 2.63 bits per heavy atom. The Hall–Kier alpha value is -2.30. The van der Waals surface area contributed by atoms with Gasteiger partial charge in [0, 0.05) is 18.7 Å². The fraction of sp³-hybridized carbons (Fsp3) is 0.286. The van der Waals surface area contributed by atoms with Gasteiger partial charge in [0.2, 0.25) is 5.91 Å². The average molecular weight is 261 g/mol. The van der Waals surface area contributed by atoms with E-state index < -0.39 is 5.91 Å². The van der Waals surface area contributed by atoms with E-state index in [1.807, 2.05) is 6.92 Å². The summed E-state index contributed by atoms with van der Waals surface area (Å²) in [5.41, 5.74) is 6.88. The summed E-state index contributed by atoms with van der Waals surface area (Å²) in [4.78, 5) is 22.9. The number of para-hydroxylation sites is 1. The second-order valence-electron chi connectivity index (χ2n) is 4.27. The van der Waals surface area contributed by atoms with Crippen molar-refractivity contribution in [3.8, 4) is 0 Å². The number of hydrogen-bond acceptors (Lipinski definition) is 3. The number of nitrogens with two attached hydrogens (primary N) is 1. The molecule has 0 atom stereocenters. The molecule has 0 bridgehead atoms. The van der Waals surface area contributed by atoms with Gasteiger partial charge in [-0.3, -0.25) is 9.59 Å². The third kappa shape index (κ3) is 5.25. The molecular weight excluding hydrogens is 242 g/mol. The topological polar surface area (TPSA) is 84.2 Å². The highest BCUT2D eigenvalue weighted by molar-refractivity contribution is 6.02. The maximum absolute atomic E-state index is 11.7. The minimum atomic E-state index is -0.556. The number of carbonyl (C=O) groups excluding carboxylic acids is 2. The van der Waals surface area contributed by atoms with Crippen molar-refractivity contribution < 1.29 is 9.59 Å². The number of rotatable bonds is 7. The van der Waals surface area contributed by atoms with Crippen LogP contribution in [0.2, 0.25) is 0 Å². The van der Waals surface area contributed by atoms with Crippen molar-refractivity contribution in [1.29, 1.82) is 0 Å². The van der Waals surface area contributed by atoms with Crippen LogP contribution in [-0.4, -0.2) is 18.4 Å². The number of carbonyl (C=O) groups is 2. The zero-order chi connectivity index (χ0) is 14.3. The van der Waals surface area contributed by atoms with Gasteiger partial charge in [-0.2, -0.15) is 0 Å². The van der Waals surface area contributed by atoms with Gasteiger partial charge in [0.25, 0.3) is 5.91 Å². The second kappa shape index (κ2) is 7.20. The van der Waals surface area contributed by atoms with Crippen LogP contribution < -0.4 is 16.4 Å². The number of anilines is 1. The molecule has 4 N–H and O–H groups in total. The highest BCUT2D eigenvalue weighted by Crippen LogP contribution is 2.14. The Kier molecular flexibility index (Phi) is 5.60. The van der Waals surface area contributed by atoms with Crippen LogP contribution in [0.1, 0.15) is 30.1 Å². The van der Waals surface area contributed by atoms with Crippen molar-refractivity contribution in [1.82, 2.24) is 5.32 Å². The molecule has 2 amide bonds. The summed E-state index contributed by atoms with van der Waals surface area (Å²) in [6.45, 7) is 6.27. The normalized spacial score (nSPS) is 9.74. The van der Waals surface area contributed by atoms with Crippen LogP contribution in [0.5, 0.6) is 0 Å². The van der Waals surface area contributed by atoms with Crippen molar-refractivity contribution in [2.45, 2.75) is 19.8 Å². The zero-order valence-corrected chi connectivity index (χ0v) is 11.0. The predicted molar refractivity (Wildman–Crippen MR) is 75.6 cm³/mol. The lowest BCUT2D eigenvalue weighted by molar-refractivity contribution is -0.116. The predicted octanol–water partition coefficient (Wildman–Crippen LogP) is 1.63. The third-order valence-electron chi connectivity index (χ3n) is 2.47. The second-order valence-corrected chi connectivity index (χ2v) is 4.27. The Balaban J connectivity index is 2.48. The summed E-state index contributed by atoms with van der Waals surface area (Å²) in [5, 5.41) is 5.74. The Morgan fingerprint density at radius 2 is 2.00 bits per heavy atom. The molecule has 1 rings (SSSR count). The molecule has 0 aliphatic heterocycles. The molecule has 5 nitrogen and oxygen atoms in total. The fourth-order valence-electron chi connectivity index (χ4n) is 1.57. The first kappa shape index (κ1) is 14.8. The molecule has 0 unspecified atom stereocenters. The van der Waals surface area contributed by atoms with Gasteiger partial charge in [-0.15, -0.1) is 0 Å². The summed E-state index contributed by atoms with van der Waals surface area (Å²) < 4.78 is 0. The molecule has 5 heteroatoms. The number of nitrogens with one attached hydrogen (secondary N) is 2. The van der Waals surface area contributed by atoms with E-state index in [9.17, 15) is 9.59 Å². The molecule has 0 aromatic heterocycles. The molecule has 0 spiro atoms. The first-order valence-electron chi connectivity index (χ1n) is 6.08. The van der Waals surface area contributed by atoms with Crippen molar-refractivity contribution in [3.05, 3.63) is 42.1 Å². The standard InChI is InChI=1S/C14H19N3O2/c1-10(2)16-9-5-8-13(18)17-12-7-4-3-6-11(12)14(15)19/h3-4,6-7,16H,1,5,8-9H2,2H3,(H2,15,19)(H,17,18). The Bertz CT molecular complexity index is 483. The minimum Gasteiger partial charge on any atom is -0.389 e. The molecule has 0 saturated carbocycles. The first-order valence-corrected chi connectivity index (χ1v) is 6.08. The molecule has 19 heavy (non-hydrogen) atoms. The van der Waals surface area contributed by atoms with E-state index in [2.05, 4.69) is 17.2 Å². The molecule has 0 radical (unpaired) electrons. The zero-order valence-electron chi connectivity index (χ0n) is 11.0. The number of amides is 2. The van der Waals surface area contributed by atoms with Gasteiger partial charge in [0.1, 0.15) is 0 Å². The van der Waals surface area contributed by atoms with Gasteiger partial charge in [0.15, 0.2) is 0 Å². The van der Waals surface area contributed by atoms with E-state index in [1.54, 1.807) is 24.3 Å². The van der Waals surface area contributed by atoms with Gasteiger partial charge in [-0.1, -0.05) is 18.7 Å². The van der Waals surface area contributed by atoms with Gasteiger partial charge in [0.05, 0.1) is 11.3 Å². The molecule has 1 aromatic rings. The van der Waals surface area contributed by atoms with Gasteiger partial charge in [-0.25, -0.2) is 0 Å². The Morgan fingerprint density at radius 1 is 1.32 bits per heavy atom. The average Bonchev–Trinajstić information content (AvgIpc) is 2.35. The minimum absolute atomic E-state index is 0.141. The number of allylic oxidation sites excluding steroid dienone is 1. The van der Waals surface area contributed by atoms with Crippen molar-refractivity contribution in [3.63, 3.8) is 0 Å². The molecule has 0 aliphatic carbocycles. The molecular formula is C14H19N3O2. The third-order valence-corrected chi connectivity index (χ3v) is 2.47. The maximum atomic E-state index is 11.7. The van der Waals surface area contributed by atoms with Crippen LogP contribution in [0.4, 0.5) is 5.69 Å². The lowest BCUT2D eigenvalue weighted by atomic mass is 10.1. The summed E-state index contributed by atoms with van der Waals surface area (Å²) in [6.07, 6.45) is 1.06. The summed E-state index contributed by atoms with van der Waals surface area (Å²) in [5.74, 6) is -0.697. The summed E-state index contributed by atoms with van der Waals surface area (Å²) in [6, 6.07) is 6.68. The molecule has 1 aromatic carbocycles.